The minimum Gasteiger partial charge on any atom is -0.336 e. The normalized spacial score (nSPS) is 10.8. The highest BCUT2D eigenvalue weighted by atomic mass is 32.2. The largest absolute Gasteiger partial charge is 0.336 e. The van der Waals surface area contributed by atoms with E-state index in [1.165, 1.54) is 16.7 Å². The Labute approximate surface area is 166 Å². The van der Waals surface area contributed by atoms with Gasteiger partial charge in [-0.15, -0.1) is 11.3 Å². The number of fused-ring (bicyclic) bond motifs is 1. The van der Waals surface area contributed by atoms with Gasteiger partial charge in [-0.2, -0.15) is 0 Å². The summed E-state index contributed by atoms with van der Waals surface area (Å²) in [7, 11) is 1.64. The first kappa shape index (κ1) is 19.4. The third kappa shape index (κ3) is 4.87. The molecule has 1 N–H and O–H groups in total. The number of anilines is 1. The molecule has 0 unspecified atom stereocenters. The molecule has 1 heterocycles. The lowest BCUT2D eigenvalue weighted by Gasteiger charge is -2.17. The molecule has 1 aromatic heterocycles. The van der Waals surface area contributed by atoms with Crippen molar-refractivity contribution >= 4 is 50.8 Å². The summed E-state index contributed by atoms with van der Waals surface area (Å²) in [5, 5.41) is 2.88. The third-order valence-electron chi connectivity index (χ3n) is 4.28. The molecule has 0 saturated carbocycles. The Bertz CT molecular complexity index is 951. The summed E-state index contributed by atoms with van der Waals surface area (Å²) in [6.45, 7) is 3.99. The molecule has 7 heteroatoms. The molecule has 0 aliphatic rings. The van der Waals surface area contributed by atoms with Gasteiger partial charge in [-0.3, -0.25) is 9.59 Å². The van der Waals surface area contributed by atoms with E-state index < -0.39 is 0 Å². The molecule has 0 atom stereocenters. The van der Waals surface area contributed by atoms with Crippen LogP contribution in [0.3, 0.4) is 0 Å². The second-order valence-corrected chi connectivity index (χ2v) is 8.53. The summed E-state index contributed by atoms with van der Waals surface area (Å²) in [6.07, 6.45) is 0. The van der Waals surface area contributed by atoms with E-state index in [-0.39, 0.29) is 24.1 Å². The van der Waals surface area contributed by atoms with Gasteiger partial charge in [-0.25, -0.2) is 4.98 Å². The van der Waals surface area contributed by atoms with Crippen molar-refractivity contribution in [2.75, 3.05) is 24.7 Å². The molecular weight excluding hydrogens is 378 g/mol. The average molecular weight is 400 g/mol. The maximum atomic E-state index is 12.3. The monoisotopic (exact) mass is 399 g/mol. The van der Waals surface area contributed by atoms with Crippen LogP contribution in [0, 0.1) is 13.8 Å². The number of benzene rings is 2. The highest BCUT2D eigenvalue weighted by Crippen LogP contribution is 2.29. The lowest BCUT2D eigenvalue weighted by molar-refractivity contribution is -0.131. The Kier molecular flexibility index (Phi) is 6.13. The highest BCUT2D eigenvalue weighted by Gasteiger charge is 2.15. The van der Waals surface area contributed by atoms with Gasteiger partial charge in [0.2, 0.25) is 11.8 Å². The zero-order chi connectivity index (χ0) is 19.4. The van der Waals surface area contributed by atoms with E-state index in [0.717, 1.165) is 31.4 Å². The van der Waals surface area contributed by atoms with Crippen molar-refractivity contribution in [3.8, 4) is 0 Å². The summed E-state index contributed by atoms with van der Waals surface area (Å²) in [6, 6.07) is 13.7. The first-order valence-electron chi connectivity index (χ1n) is 8.52. The third-order valence-corrected chi connectivity index (χ3v) is 6.44. The van der Waals surface area contributed by atoms with Crippen molar-refractivity contribution in [1.29, 1.82) is 0 Å². The van der Waals surface area contributed by atoms with E-state index in [9.17, 15) is 9.59 Å². The molecule has 0 bridgehead atoms. The van der Waals surface area contributed by atoms with Crippen molar-refractivity contribution in [2.45, 2.75) is 18.2 Å². The molecule has 0 radical (unpaired) electrons. The van der Waals surface area contributed by atoms with Gasteiger partial charge in [-0.1, -0.05) is 36.0 Å². The predicted octanol–water partition coefficient (Wildman–Crippen LogP) is 4.10. The van der Waals surface area contributed by atoms with Crippen LogP contribution in [0.15, 0.2) is 46.8 Å². The maximum absolute atomic E-state index is 12.3. The number of aromatic nitrogens is 1. The number of hydrogen-bond donors (Lipinski definition) is 1. The first-order valence-corrected chi connectivity index (χ1v) is 10.3. The van der Waals surface area contributed by atoms with Gasteiger partial charge in [0.1, 0.15) is 0 Å². The van der Waals surface area contributed by atoms with Crippen LogP contribution in [0.5, 0.6) is 0 Å². The van der Waals surface area contributed by atoms with Crippen molar-refractivity contribution in [1.82, 2.24) is 9.88 Å². The molecule has 0 spiro atoms. The second kappa shape index (κ2) is 8.54. The quantitative estimate of drug-likeness (QED) is 0.634. The number of carbonyl (C=O) groups is 2. The molecule has 27 heavy (non-hydrogen) atoms. The minimum atomic E-state index is -0.204. The Morgan fingerprint density at radius 3 is 2.70 bits per heavy atom. The summed E-state index contributed by atoms with van der Waals surface area (Å²) >= 11 is 2.97. The molecule has 2 amide bonds. The van der Waals surface area contributed by atoms with E-state index in [1.54, 1.807) is 18.4 Å². The fraction of sp³-hybridized carbons (Fsp3) is 0.250. The second-order valence-electron chi connectivity index (χ2n) is 6.28. The van der Waals surface area contributed by atoms with Crippen molar-refractivity contribution < 1.29 is 9.59 Å². The summed E-state index contributed by atoms with van der Waals surface area (Å²) < 4.78 is 1.96. The number of nitrogens with zero attached hydrogens (tertiary/aromatic N) is 2. The Morgan fingerprint density at radius 1 is 1.15 bits per heavy atom. The van der Waals surface area contributed by atoms with Gasteiger partial charge < -0.3 is 10.2 Å². The van der Waals surface area contributed by atoms with Gasteiger partial charge in [0.05, 0.1) is 22.5 Å². The molecule has 3 rings (SSSR count). The summed E-state index contributed by atoms with van der Waals surface area (Å²) in [5.74, 6) is -0.0486. The highest BCUT2D eigenvalue weighted by molar-refractivity contribution is 8.01. The van der Waals surface area contributed by atoms with E-state index in [1.807, 2.05) is 56.3 Å². The van der Waals surface area contributed by atoms with Crippen molar-refractivity contribution in [3.05, 3.63) is 53.6 Å². The Hall–Kier alpha value is -2.38. The fourth-order valence-corrected chi connectivity index (χ4v) is 4.54. The molecule has 5 nitrogen and oxygen atoms in total. The molecule has 140 valence electrons. The number of rotatable bonds is 6. The number of thiazole rings is 1. The molecule has 0 aliphatic heterocycles. The Balaban J connectivity index is 1.52. The number of aryl methyl sites for hydroxylation is 1. The molecule has 0 aliphatic carbocycles. The zero-order valence-corrected chi connectivity index (χ0v) is 17.1. The van der Waals surface area contributed by atoms with Crippen LogP contribution < -0.4 is 5.32 Å². The summed E-state index contributed by atoms with van der Waals surface area (Å²) in [5.41, 5.74) is 3.87. The number of nitrogens with one attached hydrogen (secondary N) is 1. The van der Waals surface area contributed by atoms with Gasteiger partial charge in [0, 0.05) is 12.7 Å². The molecule has 2 aromatic carbocycles. The summed E-state index contributed by atoms with van der Waals surface area (Å²) in [4.78, 5) is 30.6. The van der Waals surface area contributed by atoms with E-state index in [0.29, 0.717) is 0 Å². The predicted molar refractivity (Wildman–Crippen MR) is 113 cm³/mol. The number of thioether (sulfide) groups is 1. The number of hydrogen-bond acceptors (Lipinski definition) is 5. The first-order chi connectivity index (χ1) is 12.9. The van der Waals surface area contributed by atoms with E-state index >= 15 is 0 Å². The molecule has 0 saturated heterocycles. The van der Waals surface area contributed by atoms with Crippen LogP contribution in [0.1, 0.15) is 11.1 Å². The van der Waals surface area contributed by atoms with Crippen LogP contribution in [0.2, 0.25) is 0 Å². The number of amides is 2. The lowest BCUT2D eigenvalue weighted by Crippen LogP contribution is -2.36. The number of carbonyl (C=O) groups excluding carboxylic acids is 2. The SMILES string of the molecule is Cc1cccc(NC(=O)CN(C)C(=O)CSc2nc3ccccc3s2)c1C. The fourth-order valence-electron chi connectivity index (χ4n) is 2.53. The Morgan fingerprint density at radius 2 is 1.93 bits per heavy atom. The van der Waals surface area contributed by atoms with E-state index in [4.69, 9.17) is 0 Å². The van der Waals surface area contributed by atoms with Crippen molar-refractivity contribution in [2.24, 2.45) is 0 Å². The van der Waals surface area contributed by atoms with Crippen LogP contribution in [-0.4, -0.2) is 41.0 Å². The van der Waals surface area contributed by atoms with Gasteiger partial charge in [0.25, 0.3) is 0 Å². The number of likely N-dealkylation sites (N-methyl/N-ethyl adjacent to an activating group) is 1. The lowest BCUT2D eigenvalue weighted by atomic mass is 10.1. The minimum absolute atomic E-state index is 0.0205. The van der Waals surface area contributed by atoms with E-state index in [2.05, 4.69) is 10.3 Å². The van der Waals surface area contributed by atoms with Crippen LogP contribution in [0.25, 0.3) is 10.2 Å². The van der Waals surface area contributed by atoms with Crippen LogP contribution >= 0.6 is 23.1 Å². The zero-order valence-electron chi connectivity index (χ0n) is 15.5. The number of para-hydroxylation sites is 1. The molecular formula is C20H21N3O2S2. The smallest absolute Gasteiger partial charge is 0.243 e. The standard InChI is InChI=1S/C20H21N3O2S2/c1-13-7-6-9-15(14(13)2)21-18(24)11-23(3)19(25)12-26-20-22-16-8-4-5-10-17(16)27-20/h4-10H,11-12H2,1-3H3,(H,21,24). The topological polar surface area (TPSA) is 62.3 Å². The van der Waals surface area contributed by atoms with Crippen LogP contribution in [-0.2, 0) is 9.59 Å². The average Bonchev–Trinajstić information content (AvgIpc) is 3.06. The van der Waals surface area contributed by atoms with Crippen molar-refractivity contribution in [3.63, 3.8) is 0 Å². The molecule has 3 aromatic rings. The van der Waals surface area contributed by atoms with Gasteiger partial charge in [-0.05, 0) is 43.2 Å². The van der Waals surface area contributed by atoms with Gasteiger partial charge in [0.15, 0.2) is 4.34 Å². The maximum Gasteiger partial charge on any atom is 0.243 e. The van der Waals surface area contributed by atoms with Gasteiger partial charge >= 0.3 is 0 Å². The molecule has 0 fully saturated rings. The van der Waals surface area contributed by atoms with Crippen LogP contribution in [0.4, 0.5) is 5.69 Å².